The third-order valence-electron chi connectivity index (χ3n) is 2.85. The van der Waals surface area contributed by atoms with Gasteiger partial charge in [-0.2, -0.15) is 8.78 Å². The number of anilines is 2. The van der Waals surface area contributed by atoms with Crippen LogP contribution in [0.15, 0.2) is 12.1 Å². The molecule has 1 amide bonds. The number of halogens is 4. The van der Waals surface area contributed by atoms with Crippen molar-refractivity contribution in [1.82, 2.24) is 0 Å². The zero-order valence-electron chi connectivity index (χ0n) is 10.3. The van der Waals surface area contributed by atoms with Crippen LogP contribution in [0.3, 0.4) is 0 Å². The van der Waals surface area contributed by atoms with E-state index in [1.54, 1.807) is 4.90 Å². The molecule has 0 aromatic heterocycles. The predicted octanol–water partition coefficient (Wildman–Crippen LogP) is 2.52. The Morgan fingerprint density at radius 1 is 1.35 bits per heavy atom. The van der Waals surface area contributed by atoms with Gasteiger partial charge in [-0.3, -0.25) is 4.79 Å². The van der Waals surface area contributed by atoms with Gasteiger partial charge in [0.15, 0.2) is 5.82 Å². The number of carbonyl (C=O) groups is 1. The van der Waals surface area contributed by atoms with Crippen molar-refractivity contribution in [3.63, 3.8) is 0 Å². The molecule has 0 saturated carbocycles. The molecule has 0 unspecified atom stereocenters. The van der Waals surface area contributed by atoms with E-state index in [1.807, 2.05) is 5.32 Å². The Kier molecular flexibility index (Phi) is 4.72. The second kappa shape index (κ2) is 6.32. The fourth-order valence-corrected chi connectivity index (χ4v) is 2.08. The molecule has 1 aromatic carbocycles. The van der Waals surface area contributed by atoms with Crippen molar-refractivity contribution >= 4 is 28.9 Å². The first-order chi connectivity index (χ1) is 9.50. The normalized spacial score (nSPS) is 15.6. The Balaban J connectivity index is 2.35. The summed E-state index contributed by atoms with van der Waals surface area (Å²) in [6.07, 6.45) is -3.17. The van der Waals surface area contributed by atoms with Crippen LogP contribution in [0.25, 0.3) is 0 Å². The lowest BCUT2D eigenvalue weighted by Gasteiger charge is -2.31. The largest absolute Gasteiger partial charge is 0.378 e. The number of rotatable bonds is 3. The first-order valence-electron chi connectivity index (χ1n) is 5.90. The van der Waals surface area contributed by atoms with Crippen molar-refractivity contribution in [1.29, 1.82) is 0 Å². The van der Waals surface area contributed by atoms with E-state index >= 15 is 0 Å². The van der Waals surface area contributed by atoms with E-state index in [0.717, 1.165) is 0 Å². The molecule has 1 heterocycles. The molecule has 1 fully saturated rings. The minimum absolute atomic E-state index is 0.00907. The molecule has 2 rings (SSSR count). The highest BCUT2D eigenvalue weighted by molar-refractivity contribution is 6.31. The second-order valence-corrected chi connectivity index (χ2v) is 4.55. The molecule has 8 heteroatoms. The number of nitrogens with zero attached hydrogens (tertiary/aromatic N) is 1. The van der Waals surface area contributed by atoms with Crippen molar-refractivity contribution in [2.24, 2.45) is 0 Å². The van der Waals surface area contributed by atoms with Gasteiger partial charge in [0.2, 0.25) is 0 Å². The highest BCUT2D eigenvalue weighted by Crippen LogP contribution is 2.34. The monoisotopic (exact) mass is 308 g/mol. The lowest BCUT2D eigenvalue weighted by Crippen LogP contribution is -2.37. The van der Waals surface area contributed by atoms with Crippen molar-refractivity contribution in [3.05, 3.63) is 23.0 Å². The van der Waals surface area contributed by atoms with E-state index in [2.05, 4.69) is 0 Å². The molecule has 1 aliphatic heterocycles. The minimum atomic E-state index is -3.17. The number of ether oxygens (including phenoxy) is 1. The van der Waals surface area contributed by atoms with Gasteiger partial charge in [0.25, 0.3) is 5.91 Å². The van der Waals surface area contributed by atoms with E-state index in [9.17, 15) is 18.0 Å². The molecule has 1 saturated heterocycles. The predicted molar refractivity (Wildman–Crippen MR) is 69.1 cm³/mol. The zero-order valence-corrected chi connectivity index (χ0v) is 11.1. The van der Waals surface area contributed by atoms with E-state index in [4.69, 9.17) is 16.3 Å². The molecule has 0 spiro atoms. The summed E-state index contributed by atoms with van der Waals surface area (Å²) in [5.74, 6) is -2.23. The van der Waals surface area contributed by atoms with Gasteiger partial charge < -0.3 is 15.0 Å². The molecular formula is C12H12ClF3N2O2. The molecule has 4 nitrogen and oxygen atoms in total. The summed E-state index contributed by atoms with van der Waals surface area (Å²) in [6.45, 7) is 1.53. The summed E-state index contributed by atoms with van der Waals surface area (Å²) >= 11 is 5.71. The highest BCUT2D eigenvalue weighted by Gasteiger charge is 2.24. The molecule has 110 valence electrons. The first kappa shape index (κ1) is 14.9. The Labute approximate surface area is 118 Å². The van der Waals surface area contributed by atoms with E-state index in [1.165, 1.54) is 12.1 Å². The lowest BCUT2D eigenvalue weighted by atomic mass is 10.2. The summed E-state index contributed by atoms with van der Waals surface area (Å²) in [5, 5.41) is 1.87. The number of alkyl halides is 2. The van der Waals surface area contributed by atoms with E-state index in [-0.39, 0.29) is 16.4 Å². The quantitative estimate of drug-likeness (QED) is 0.933. The van der Waals surface area contributed by atoms with Gasteiger partial charge >= 0.3 is 6.43 Å². The van der Waals surface area contributed by atoms with Gasteiger partial charge in [-0.1, -0.05) is 11.6 Å². The van der Waals surface area contributed by atoms with Crippen molar-refractivity contribution < 1.29 is 22.7 Å². The Bertz CT molecular complexity index is 508. The zero-order chi connectivity index (χ0) is 14.7. The van der Waals surface area contributed by atoms with Crippen LogP contribution in [0.1, 0.15) is 0 Å². The van der Waals surface area contributed by atoms with Crippen LogP contribution >= 0.6 is 11.6 Å². The summed E-state index contributed by atoms with van der Waals surface area (Å²) in [5.41, 5.74) is -0.0195. The fourth-order valence-electron chi connectivity index (χ4n) is 1.92. The third kappa shape index (κ3) is 3.16. The molecular weight excluding hydrogens is 297 g/mol. The van der Waals surface area contributed by atoms with Gasteiger partial charge in [-0.05, 0) is 12.1 Å². The van der Waals surface area contributed by atoms with Gasteiger partial charge in [-0.25, -0.2) is 4.39 Å². The van der Waals surface area contributed by atoms with Gasteiger partial charge in [0, 0.05) is 13.1 Å². The topological polar surface area (TPSA) is 41.6 Å². The average molecular weight is 309 g/mol. The van der Waals surface area contributed by atoms with Crippen LogP contribution in [0.2, 0.25) is 5.02 Å². The van der Waals surface area contributed by atoms with Gasteiger partial charge in [0.1, 0.15) is 0 Å². The Morgan fingerprint density at radius 3 is 2.60 bits per heavy atom. The van der Waals surface area contributed by atoms with Gasteiger partial charge in [0.05, 0.1) is 29.6 Å². The van der Waals surface area contributed by atoms with Crippen molar-refractivity contribution in [3.8, 4) is 0 Å². The van der Waals surface area contributed by atoms with Crippen LogP contribution in [0.4, 0.5) is 24.5 Å². The molecule has 20 heavy (non-hydrogen) atoms. The summed E-state index contributed by atoms with van der Waals surface area (Å²) in [4.78, 5) is 12.7. The molecule has 0 aliphatic carbocycles. The van der Waals surface area contributed by atoms with Crippen LogP contribution in [-0.2, 0) is 9.53 Å². The fraction of sp³-hybridized carbons (Fsp3) is 0.417. The first-order valence-corrected chi connectivity index (χ1v) is 6.28. The van der Waals surface area contributed by atoms with Crippen LogP contribution in [0.5, 0.6) is 0 Å². The van der Waals surface area contributed by atoms with Crippen LogP contribution in [-0.4, -0.2) is 38.6 Å². The number of benzene rings is 1. The molecule has 1 aromatic rings. The number of amides is 1. The maximum atomic E-state index is 14.1. The lowest BCUT2D eigenvalue weighted by molar-refractivity contribution is -0.126. The van der Waals surface area contributed by atoms with Crippen LogP contribution < -0.4 is 10.2 Å². The third-order valence-corrected chi connectivity index (χ3v) is 3.14. The number of nitrogens with one attached hydrogen (secondary N) is 1. The smallest absolute Gasteiger partial charge is 0.315 e. The summed E-state index contributed by atoms with van der Waals surface area (Å²) in [7, 11) is 0. The number of hydrogen-bond acceptors (Lipinski definition) is 3. The molecule has 0 radical (unpaired) electrons. The SMILES string of the molecule is O=C(Nc1ccc(Cl)c(F)c1N1CCOCC1)C(F)F. The van der Waals surface area contributed by atoms with Crippen molar-refractivity contribution in [2.45, 2.75) is 6.43 Å². The maximum Gasteiger partial charge on any atom is 0.315 e. The second-order valence-electron chi connectivity index (χ2n) is 4.15. The summed E-state index contributed by atoms with van der Waals surface area (Å²) < 4.78 is 43.9. The number of carbonyl (C=O) groups excluding carboxylic acids is 1. The number of hydrogen-bond donors (Lipinski definition) is 1. The van der Waals surface area contributed by atoms with E-state index in [0.29, 0.717) is 26.3 Å². The number of morpholine rings is 1. The summed E-state index contributed by atoms with van der Waals surface area (Å²) in [6, 6.07) is 2.51. The molecule has 1 aliphatic rings. The Morgan fingerprint density at radius 2 is 2.00 bits per heavy atom. The van der Waals surface area contributed by atoms with Gasteiger partial charge in [-0.15, -0.1) is 0 Å². The maximum absolute atomic E-state index is 14.1. The Hall–Kier alpha value is -1.47. The molecule has 0 atom stereocenters. The molecule has 1 N–H and O–H groups in total. The minimum Gasteiger partial charge on any atom is -0.378 e. The van der Waals surface area contributed by atoms with E-state index < -0.39 is 18.1 Å². The van der Waals surface area contributed by atoms with Crippen molar-refractivity contribution in [2.75, 3.05) is 36.5 Å². The molecule has 0 bridgehead atoms. The van der Waals surface area contributed by atoms with Crippen LogP contribution in [0, 0.1) is 5.82 Å². The average Bonchev–Trinajstić information content (AvgIpc) is 2.44. The highest BCUT2D eigenvalue weighted by atomic mass is 35.5. The standard InChI is InChI=1S/C12H12ClF3N2O2/c13-7-1-2-8(17-12(19)11(15)16)10(9(7)14)18-3-5-20-6-4-18/h1-2,11H,3-6H2,(H,17,19).